The molecule has 4 amide bonds. The number of nitrogens with two attached hydrogens (primary N) is 2. The van der Waals surface area contributed by atoms with Crippen LogP contribution in [0.5, 0.6) is 0 Å². The van der Waals surface area contributed by atoms with Crippen molar-refractivity contribution in [2.45, 2.75) is 69.4 Å². The fourth-order valence-corrected chi connectivity index (χ4v) is 3.56. The fourth-order valence-electron chi connectivity index (χ4n) is 3.56. The van der Waals surface area contributed by atoms with Gasteiger partial charge >= 0.3 is 5.97 Å². The lowest BCUT2D eigenvalue weighted by molar-refractivity contribution is -0.138. The van der Waals surface area contributed by atoms with Gasteiger partial charge in [-0.2, -0.15) is 0 Å². The minimum atomic E-state index is -1.27. The zero-order chi connectivity index (χ0) is 30.8. The monoisotopic (exact) mass is 585 g/mol. The number of amides is 4. The number of H-pyrrole nitrogens is 1. The number of nitrogens with one attached hydrogen (secondary N) is 6. The molecule has 0 aliphatic carbocycles. The SMILES string of the molecule is C[C@@H](O)[C@H](N)C(=O)NCC(=O)N[C@@H](CCCCNC[C@H](O)CCN)C(=O)N[C@@H](Cc1cnc[nH]1)C(=O)NCC(=O)O. The third-order valence-electron chi connectivity index (χ3n) is 5.90. The summed E-state index contributed by atoms with van der Waals surface area (Å²) in [6, 6.07) is -3.54. The predicted octanol–water partition coefficient (Wildman–Crippen LogP) is -4.58. The second-order valence-corrected chi connectivity index (χ2v) is 9.49. The molecule has 17 heteroatoms. The number of aliphatic carboxylic acids is 1. The number of aliphatic hydroxyl groups is 2. The molecule has 13 N–H and O–H groups in total. The van der Waals surface area contributed by atoms with Crippen molar-refractivity contribution in [3.05, 3.63) is 18.2 Å². The Morgan fingerprint density at radius 2 is 1.68 bits per heavy atom. The first kappa shape index (κ1) is 35.4. The van der Waals surface area contributed by atoms with E-state index in [-0.39, 0.29) is 12.8 Å². The van der Waals surface area contributed by atoms with Crippen molar-refractivity contribution in [3.8, 4) is 0 Å². The lowest BCUT2D eigenvalue weighted by atomic mass is 10.1. The van der Waals surface area contributed by atoms with Gasteiger partial charge in [0.05, 0.1) is 25.1 Å². The largest absolute Gasteiger partial charge is 0.480 e. The van der Waals surface area contributed by atoms with Crippen LogP contribution in [-0.2, 0) is 30.4 Å². The lowest BCUT2D eigenvalue weighted by Crippen LogP contribution is -2.56. The van der Waals surface area contributed by atoms with E-state index in [4.69, 9.17) is 16.6 Å². The van der Waals surface area contributed by atoms with Gasteiger partial charge in [-0.25, -0.2) is 4.98 Å². The van der Waals surface area contributed by atoms with E-state index >= 15 is 0 Å². The highest BCUT2D eigenvalue weighted by atomic mass is 16.4. The molecule has 232 valence electrons. The van der Waals surface area contributed by atoms with E-state index in [9.17, 15) is 34.2 Å². The van der Waals surface area contributed by atoms with Crippen LogP contribution in [0, 0.1) is 0 Å². The number of hydrogen-bond acceptors (Lipinski definition) is 11. The quantitative estimate of drug-likeness (QED) is 0.0608. The summed E-state index contributed by atoms with van der Waals surface area (Å²) in [7, 11) is 0. The van der Waals surface area contributed by atoms with Crippen LogP contribution in [0.15, 0.2) is 12.5 Å². The maximum Gasteiger partial charge on any atom is 0.322 e. The van der Waals surface area contributed by atoms with E-state index < -0.39 is 73.0 Å². The summed E-state index contributed by atoms with van der Waals surface area (Å²) in [5.41, 5.74) is 11.5. The summed E-state index contributed by atoms with van der Waals surface area (Å²) in [5, 5.41) is 40.8. The van der Waals surface area contributed by atoms with Crippen molar-refractivity contribution in [1.82, 2.24) is 36.6 Å². The molecule has 0 radical (unpaired) electrons. The summed E-state index contributed by atoms with van der Waals surface area (Å²) in [6.45, 7) is 1.39. The van der Waals surface area contributed by atoms with E-state index in [1.54, 1.807) is 0 Å². The Morgan fingerprint density at radius 3 is 2.29 bits per heavy atom. The van der Waals surface area contributed by atoms with E-state index in [2.05, 4.69) is 36.6 Å². The molecule has 41 heavy (non-hydrogen) atoms. The first-order valence-electron chi connectivity index (χ1n) is 13.3. The molecule has 5 atom stereocenters. The van der Waals surface area contributed by atoms with E-state index in [1.807, 2.05) is 0 Å². The van der Waals surface area contributed by atoms with Crippen molar-refractivity contribution in [2.24, 2.45) is 11.5 Å². The number of carboxylic acids is 1. The van der Waals surface area contributed by atoms with Gasteiger partial charge in [-0.15, -0.1) is 0 Å². The smallest absolute Gasteiger partial charge is 0.322 e. The molecule has 1 rings (SSSR count). The fraction of sp³-hybridized carbons (Fsp3) is 0.667. The number of aliphatic hydroxyl groups excluding tert-OH is 2. The van der Waals surface area contributed by atoms with Crippen molar-refractivity contribution >= 4 is 29.6 Å². The third kappa shape index (κ3) is 15.1. The molecule has 0 saturated heterocycles. The molecule has 0 aliphatic heterocycles. The van der Waals surface area contributed by atoms with Gasteiger partial charge in [0.25, 0.3) is 0 Å². The van der Waals surface area contributed by atoms with Crippen molar-refractivity contribution in [1.29, 1.82) is 0 Å². The average molecular weight is 586 g/mol. The number of carbonyl (C=O) groups excluding carboxylic acids is 4. The summed E-state index contributed by atoms with van der Waals surface area (Å²) in [5.74, 6) is -4.18. The number of unbranched alkanes of at least 4 members (excludes halogenated alkanes) is 1. The Bertz CT molecular complexity index is 961. The van der Waals surface area contributed by atoms with Crippen LogP contribution in [0.4, 0.5) is 0 Å². The van der Waals surface area contributed by atoms with Gasteiger partial charge in [-0.1, -0.05) is 0 Å². The van der Waals surface area contributed by atoms with Crippen molar-refractivity contribution < 1.29 is 39.3 Å². The summed E-state index contributed by atoms with van der Waals surface area (Å²) in [4.78, 5) is 68.0. The van der Waals surface area contributed by atoms with Crippen LogP contribution in [0.25, 0.3) is 0 Å². The first-order valence-corrected chi connectivity index (χ1v) is 13.3. The van der Waals surface area contributed by atoms with Gasteiger partial charge in [0.2, 0.25) is 23.6 Å². The van der Waals surface area contributed by atoms with Gasteiger partial charge < -0.3 is 58.4 Å². The predicted molar refractivity (Wildman–Crippen MR) is 146 cm³/mol. The number of rotatable bonds is 21. The summed E-state index contributed by atoms with van der Waals surface area (Å²) < 4.78 is 0. The second-order valence-electron chi connectivity index (χ2n) is 9.49. The number of carboxylic acid groups (broad SMARTS) is 1. The number of aromatic amines is 1. The molecule has 1 aromatic heterocycles. The molecule has 0 spiro atoms. The Morgan fingerprint density at radius 1 is 0.976 bits per heavy atom. The minimum absolute atomic E-state index is 0.0276. The molecule has 1 aromatic rings. The van der Waals surface area contributed by atoms with Crippen molar-refractivity contribution in [2.75, 3.05) is 32.7 Å². The Hall–Kier alpha value is -3.64. The standard InChI is InChI=1S/C24H43N9O8/c1-14(34)21(26)24(41)29-11-19(36)32-17(4-2-3-7-27-10-16(35)5-6-25)23(40)33-18(8-15-9-28-13-31-15)22(39)30-12-20(37)38/h9,13-14,16-18,21,27,34-35H,2-8,10-12,25-26H2,1H3,(H,28,31)(H,29,41)(H,30,39)(H,32,36)(H,33,40)(H,37,38)/t14-,16-,17+,18+,21+/m1/s1. The zero-order valence-corrected chi connectivity index (χ0v) is 23.1. The molecular formula is C24H43N9O8. The van der Waals surface area contributed by atoms with Crippen molar-refractivity contribution in [3.63, 3.8) is 0 Å². The second kappa shape index (κ2) is 19.4. The third-order valence-corrected chi connectivity index (χ3v) is 5.90. The summed E-state index contributed by atoms with van der Waals surface area (Å²) in [6.07, 6.45) is 2.77. The molecular weight excluding hydrogens is 542 g/mol. The maximum atomic E-state index is 13.2. The van der Waals surface area contributed by atoms with Gasteiger partial charge in [0.1, 0.15) is 24.7 Å². The topological polar surface area (TPSA) is 287 Å². The van der Waals surface area contributed by atoms with Crippen LogP contribution in [0.1, 0.15) is 38.3 Å². The molecule has 0 unspecified atom stereocenters. The Balaban J connectivity index is 2.86. The highest BCUT2D eigenvalue weighted by molar-refractivity contribution is 5.94. The highest BCUT2D eigenvalue weighted by Gasteiger charge is 2.28. The van der Waals surface area contributed by atoms with Gasteiger partial charge in [0, 0.05) is 24.9 Å². The van der Waals surface area contributed by atoms with E-state index in [0.29, 0.717) is 44.6 Å². The van der Waals surface area contributed by atoms with Gasteiger partial charge in [-0.05, 0) is 45.7 Å². The number of aromatic nitrogens is 2. The molecule has 0 bridgehead atoms. The molecule has 0 aliphatic rings. The van der Waals surface area contributed by atoms with Crippen LogP contribution in [0.2, 0.25) is 0 Å². The Kier molecular flexibility index (Phi) is 16.8. The first-order chi connectivity index (χ1) is 19.4. The Labute approximate surface area is 237 Å². The number of hydrogen-bond donors (Lipinski definition) is 11. The highest BCUT2D eigenvalue weighted by Crippen LogP contribution is 2.05. The molecule has 1 heterocycles. The van der Waals surface area contributed by atoms with Crippen LogP contribution in [0.3, 0.4) is 0 Å². The number of imidazole rings is 1. The zero-order valence-electron chi connectivity index (χ0n) is 23.1. The van der Waals surface area contributed by atoms with Gasteiger partial charge in [-0.3, -0.25) is 24.0 Å². The molecule has 0 aromatic carbocycles. The molecule has 0 fully saturated rings. The summed E-state index contributed by atoms with van der Waals surface area (Å²) >= 11 is 0. The average Bonchev–Trinajstić information content (AvgIpc) is 3.43. The van der Waals surface area contributed by atoms with Crippen LogP contribution in [-0.4, -0.2) is 118 Å². The number of nitrogens with zero attached hydrogens (tertiary/aromatic N) is 1. The minimum Gasteiger partial charge on any atom is -0.480 e. The van der Waals surface area contributed by atoms with Gasteiger partial charge in [0.15, 0.2) is 0 Å². The molecule has 0 saturated carbocycles. The van der Waals surface area contributed by atoms with Crippen LogP contribution >= 0.6 is 0 Å². The number of carbonyl (C=O) groups is 5. The normalized spacial score (nSPS) is 14.7. The molecule has 17 nitrogen and oxygen atoms in total. The lowest BCUT2D eigenvalue weighted by Gasteiger charge is -2.23. The van der Waals surface area contributed by atoms with E-state index in [1.165, 1.54) is 19.4 Å². The maximum absolute atomic E-state index is 13.2. The van der Waals surface area contributed by atoms with E-state index in [0.717, 1.165) is 0 Å². The van der Waals surface area contributed by atoms with Crippen LogP contribution < -0.4 is 38.1 Å².